The molecule has 0 saturated carbocycles. The van der Waals surface area contributed by atoms with Crippen LogP contribution in [0.15, 0.2) is 30.3 Å². The monoisotopic (exact) mass is 337 g/mol. The van der Waals surface area contributed by atoms with Crippen LogP contribution in [0, 0.1) is 6.92 Å². The molecule has 7 nitrogen and oxygen atoms in total. The highest BCUT2D eigenvalue weighted by Crippen LogP contribution is 2.21. The van der Waals surface area contributed by atoms with E-state index in [1.165, 1.54) is 13.2 Å². The molecule has 0 bridgehead atoms. The minimum atomic E-state index is -1.41. The van der Waals surface area contributed by atoms with Crippen molar-refractivity contribution in [1.82, 2.24) is 5.32 Å². The molecule has 0 aromatic heterocycles. The van der Waals surface area contributed by atoms with Crippen molar-refractivity contribution in [2.45, 2.75) is 37.6 Å². The van der Waals surface area contributed by atoms with Crippen LogP contribution in [0.1, 0.15) is 11.1 Å². The molecular weight excluding hydrogens is 314 g/mol. The van der Waals surface area contributed by atoms with Crippen LogP contribution in [0.25, 0.3) is 6.08 Å². The van der Waals surface area contributed by atoms with E-state index < -0.39 is 30.7 Å². The van der Waals surface area contributed by atoms with Crippen LogP contribution < -0.4 is 5.32 Å². The number of amides is 1. The van der Waals surface area contributed by atoms with Gasteiger partial charge in [0, 0.05) is 19.7 Å². The van der Waals surface area contributed by atoms with Crippen LogP contribution in [0.5, 0.6) is 0 Å². The lowest BCUT2D eigenvalue weighted by Gasteiger charge is -2.39. The Labute approximate surface area is 140 Å². The number of aliphatic hydroxyl groups is 3. The molecule has 2 rings (SSSR count). The smallest absolute Gasteiger partial charge is 0.244 e. The van der Waals surface area contributed by atoms with Crippen molar-refractivity contribution in [3.8, 4) is 0 Å². The van der Waals surface area contributed by atoms with Crippen LogP contribution in [-0.4, -0.2) is 65.6 Å². The third-order valence-electron chi connectivity index (χ3n) is 3.88. The zero-order valence-corrected chi connectivity index (χ0v) is 13.6. The summed E-state index contributed by atoms with van der Waals surface area (Å²) >= 11 is 0. The Morgan fingerprint density at radius 3 is 2.50 bits per heavy atom. The quantitative estimate of drug-likeness (QED) is 0.544. The molecule has 1 heterocycles. The van der Waals surface area contributed by atoms with Crippen molar-refractivity contribution in [2.24, 2.45) is 0 Å². The Kier molecular flexibility index (Phi) is 6.47. The topological polar surface area (TPSA) is 108 Å². The van der Waals surface area contributed by atoms with Gasteiger partial charge in [0.05, 0.1) is 0 Å². The third kappa shape index (κ3) is 4.62. The first-order chi connectivity index (χ1) is 11.4. The van der Waals surface area contributed by atoms with Gasteiger partial charge in [-0.25, -0.2) is 0 Å². The second kappa shape index (κ2) is 8.36. The van der Waals surface area contributed by atoms with Gasteiger partial charge in [-0.05, 0) is 18.6 Å². The average Bonchev–Trinajstić information content (AvgIpc) is 2.58. The number of carbonyl (C=O) groups excluding carboxylic acids is 1. The van der Waals surface area contributed by atoms with Crippen LogP contribution in [0.3, 0.4) is 0 Å². The van der Waals surface area contributed by atoms with E-state index in [4.69, 9.17) is 9.47 Å². The lowest BCUT2D eigenvalue weighted by atomic mass is 9.99. The van der Waals surface area contributed by atoms with E-state index in [0.717, 1.165) is 11.1 Å². The molecule has 1 aromatic carbocycles. The van der Waals surface area contributed by atoms with Crippen molar-refractivity contribution in [3.05, 3.63) is 41.5 Å². The molecule has 4 N–H and O–H groups in total. The first-order valence-electron chi connectivity index (χ1n) is 7.67. The fraction of sp³-hybridized carbons (Fsp3) is 0.471. The fourth-order valence-electron chi connectivity index (χ4n) is 2.39. The van der Waals surface area contributed by atoms with Crippen LogP contribution in [-0.2, 0) is 14.3 Å². The summed E-state index contributed by atoms with van der Waals surface area (Å²) in [6.45, 7) is 1.95. The van der Waals surface area contributed by atoms with Gasteiger partial charge in [-0.2, -0.15) is 0 Å². The summed E-state index contributed by atoms with van der Waals surface area (Å²) in [5, 5.41) is 31.9. The second-order valence-corrected chi connectivity index (χ2v) is 5.74. The maximum Gasteiger partial charge on any atom is 0.244 e. The number of methoxy groups -OCH3 is 1. The lowest BCUT2D eigenvalue weighted by molar-refractivity contribution is -0.288. The van der Waals surface area contributed by atoms with E-state index in [-0.39, 0.29) is 12.5 Å². The summed E-state index contributed by atoms with van der Waals surface area (Å²) < 4.78 is 10.2. The Hall–Kier alpha value is -1.77. The summed E-state index contributed by atoms with van der Waals surface area (Å²) in [7, 11) is 1.32. The Balaban J connectivity index is 1.87. The van der Waals surface area contributed by atoms with E-state index in [9.17, 15) is 20.1 Å². The molecule has 7 heteroatoms. The summed E-state index contributed by atoms with van der Waals surface area (Å²) in [4.78, 5) is 11.9. The van der Waals surface area contributed by atoms with E-state index in [0.29, 0.717) is 0 Å². The molecule has 0 spiro atoms. The van der Waals surface area contributed by atoms with E-state index >= 15 is 0 Å². The fourth-order valence-corrected chi connectivity index (χ4v) is 2.39. The van der Waals surface area contributed by atoms with E-state index in [2.05, 4.69) is 5.32 Å². The largest absolute Gasteiger partial charge is 0.388 e. The Morgan fingerprint density at radius 1 is 1.21 bits per heavy atom. The predicted molar refractivity (Wildman–Crippen MR) is 86.9 cm³/mol. The molecule has 0 aliphatic carbocycles. The molecule has 132 valence electrons. The average molecular weight is 337 g/mol. The summed E-state index contributed by atoms with van der Waals surface area (Å²) in [6, 6.07) is 7.69. The van der Waals surface area contributed by atoms with Crippen LogP contribution in [0.4, 0.5) is 0 Å². The molecule has 1 aromatic rings. The highest BCUT2D eigenvalue weighted by atomic mass is 16.7. The van der Waals surface area contributed by atoms with Crippen LogP contribution in [0.2, 0.25) is 0 Å². The van der Waals surface area contributed by atoms with Gasteiger partial charge in [0.25, 0.3) is 0 Å². The molecule has 1 aliphatic heterocycles. The normalized spacial score (nSPS) is 30.5. The molecule has 1 fully saturated rings. The summed E-state index contributed by atoms with van der Waals surface area (Å²) in [5.41, 5.74) is 2.02. The second-order valence-electron chi connectivity index (χ2n) is 5.74. The van der Waals surface area contributed by atoms with Gasteiger partial charge in [-0.15, -0.1) is 0 Å². The third-order valence-corrected chi connectivity index (χ3v) is 3.88. The highest BCUT2D eigenvalue weighted by molar-refractivity contribution is 5.91. The van der Waals surface area contributed by atoms with Gasteiger partial charge in [-0.1, -0.05) is 29.8 Å². The number of hydrogen-bond donors (Lipinski definition) is 4. The van der Waals surface area contributed by atoms with Crippen molar-refractivity contribution in [1.29, 1.82) is 0 Å². The van der Waals surface area contributed by atoms with Crippen molar-refractivity contribution >= 4 is 12.0 Å². The number of rotatable bonds is 5. The molecule has 5 atom stereocenters. The number of ether oxygens (including phenoxy) is 2. The molecule has 2 unspecified atom stereocenters. The Bertz CT molecular complexity index is 571. The van der Waals surface area contributed by atoms with Crippen molar-refractivity contribution < 1.29 is 29.6 Å². The molecule has 1 amide bonds. The molecule has 1 aliphatic rings. The van der Waals surface area contributed by atoms with E-state index in [1.807, 2.05) is 31.2 Å². The number of carbonyl (C=O) groups is 1. The Morgan fingerprint density at radius 2 is 1.88 bits per heavy atom. The number of benzene rings is 1. The minimum Gasteiger partial charge on any atom is -0.388 e. The summed E-state index contributed by atoms with van der Waals surface area (Å²) in [5.74, 6) is -0.360. The molecule has 1 saturated heterocycles. The number of aryl methyl sites for hydroxylation is 1. The van der Waals surface area contributed by atoms with Crippen LogP contribution >= 0.6 is 0 Å². The molecular formula is C17H23NO6. The first kappa shape index (κ1) is 18.6. The molecule has 24 heavy (non-hydrogen) atoms. The first-order valence-corrected chi connectivity index (χ1v) is 7.67. The SMILES string of the molecule is COC1O[C@H](CNC(=O)/C=C/c2ccc(C)cc2)C(O)[C@@H](O)[C@@H]1O. The van der Waals surface area contributed by atoms with Gasteiger partial charge < -0.3 is 30.1 Å². The van der Waals surface area contributed by atoms with Gasteiger partial charge in [0.15, 0.2) is 6.29 Å². The van der Waals surface area contributed by atoms with E-state index in [1.54, 1.807) is 6.08 Å². The summed E-state index contributed by atoms with van der Waals surface area (Å²) in [6.07, 6.45) is -2.99. The standard InChI is InChI=1S/C17H23NO6/c1-10-3-5-11(6-4-10)7-8-13(19)18-9-12-14(20)15(21)16(22)17(23-2)24-12/h3-8,12,14-17,20-22H,9H2,1-2H3,(H,18,19)/b8-7+/t12-,14?,15-,16+,17?/m1/s1. The maximum absolute atomic E-state index is 11.9. The zero-order valence-electron chi connectivity index (χ0n) is 13.6. The molecule has 0 radical (unpaired) electrons. The minimum absolute atomic E-state index is 0.0259. The zero-order chi connectivity index (χ0) is 17.7. The number of nitrogens with one attached hydrogen (secondary N) is 1. The number of hydrogen-bond acceptors (Lipinski definition) is 6. The van der Waals surface area contributed by atoms with Gasteiger partial charge in [-0.3, -0.25) is 4.79 Å². The maximum atomic E-state index is 11.9. The highest BCUT2D eigenvalue weighted by Gasteiger charge is 2.43. The van der Waals surface area contributed by atoms with Crippen molar-refractivity contribution in [2.75, 3.05) is 13.7 Å². The lowest BCUT2D eigenvalue weighted by Crippen LogP contribution is -2.60. The van der Waals surface area contributed by atoms with Gasteiger partial charge in [0.2, 0.25) is 5.91 Å². The van der Waals surface area contributed by atoms with Gasteiger partial charge in [0.1, 0.15) is 24.4 Å². The van der Waals surface area contributed by atoms with Gasteiger partial charge >= 0.3 is 0 Å². The van der Waals surface area contributed by atoms with Crippen molar-refractivity contribution in [3.63, 3.8) is 0 Å². The number of aliphatic hydroxyl groups excluding tert-OH is 3. The predicted octanol–water partition coefficient (Wildman–Crippen LogP) is -0.422.